The van der Waals surface area contributed by atoms with E-state index in [4.69, 9.17) is 5.11 Å². The van der Waals surface area contributed by atoms with Crippen LogP contribution in [0.5, 0.6) is 0 Å². The van der Waals surface area contributed by atoms with E-state index in [1.54, 1.807) is 4.90 Å². The third kappa shape index (κ3) is 2.36. The summed E-state index contributed by atoms with van der Waals surface area (Å²) in [6, 6.07) is 0. The van der Waals surface area contributed by atoms with Gasteiger partial charge in [-0.2, -0.15) is 0 Å². The Morgan fingerprint density at radius 3 is 2.25 bits per heavy atom. The number of hydrogen-bond acceptors (Lipinski definition) is 2. The standard InChI is InChI=1S/C12H21NO3/c1-4-9(3)8-13(5-2)10(14)12(6-7-12)11(15)16/h9H,4-8H2,1-3H3,(H,15,16). The zero-order valence-electron chi connectivity index (χ0n) is 10.3. The van der Waals surface area contributed by atoms with Crippen LogP contribution < -0.4 is 0 Å². The number of nitrogens with zero attached hydrogens (tertiary/aromatic N) is 1. The van der Waals surface area contributed by atoms with Gasteiger partial charge in [0.25, 0.3) is 0 Å². The Hall–Kier alpha value is -1.06. The molecule has 0 aromatic carbocycles. The Labute approximate surface area is 96.6 Å². The zero-order chi connectivity index (χ0) is 12.3. The molecule has 1 saturated carbocycles. The summed E-state index contributed by atoms with van der Waals surface area (Å²) in [5.74, 6) is -0.726. The molecule has 0 heterocycles. The molecule has 1 aliphatic rings. The smallest absolute Gasteiger partial charge is 0.319 e. The van der Waals surface area contributed by atoms with Crippen molar-refractivity contribution in [3.05, 3.63) is 0 Å². The average molecular weight is 227 g/mol. The summed E-state index contributed by atoms with van der Waals surface area (Å²) in [7, 11) is 0. The maximum Gasteiger partial charge on any atom is 0.319 e. The number of carbonyl (C=O) groups excluding carboxylic acids is 1. The second kappa shape index (κ2) is 4.85. The molecule has 16 heavy (non-hydrogen) atoms. The van der Waals surface area contributed by atoms with Crippen molar-refractivity contribution in [1.82, 2.24) is 4.90 Å². The number of amides is 1. The van der Waals surface area contributed by atoms with E-state index in [1.165, 1.54) is 0 Å². The molecule has 4 heteroatoms. The van der Waals surface area contributed by atoms with Crippen LogP contribution >= 0.6 is 0 Å². The molecule has 0 saturated heterocycles. The SMILES string of the molecule is CCC(C)CN(CC)C(=O)C1(C(=O)O)CC1. The molecule has 4 nitrogen and oxygen atoms in total. The monoisotopic (exact) mass is 227 g/mol. The minimum Gasteiger partial charge on any atom is -0.480 e. The summed E-state index contributed by atoms with van der Waals surface area (Å²) >= 11 is 0. The minimum atomic E-state index is -1.08. The molecule has 0 aliphatic heterocycles. The third-order valence-electron chi connectivity index (χ3n) is 3.47. The zero-order valence-corrected chi connectivity index (χ0v) is 10.3. The van der Waals surface area contributed by atoms with Gasteiger partial charge in [-0.25, -0.2) is 0 Å². The van der Waals surface area contributed by atoms with E-state index < -0.39 is 11.4 Å². The fourth-order valence-corrected chi connectivity index (χ4v) is 1.81. The predicted octanol–water partition coefficient (Wildman–Crippen LogP) is 1.75. The second-order valence-electron chi connectivity index (χ2n) is 4.74. The predicted molar refractivity (Wildman–Crippen MR) is 61.0 cm³/mol. The van der Waals surface area contributed by atoms with Crippen molar-refractivity contribution in [1.29, 1.82) is 0 Å². The van der Waals surface area contributed by atoms with Crippen LogP contribution in [0.2, 0.25) is 0 Å². The Balaban J connectivity index is 2.67. The first-order chi connectivity index (χ1) is 7.47. The van der Waals surface area contributed by atoms with Gasteiger partial charge < -0.3 is 10.0 Å². The van der Waals surface area contributed by atoms with Crippen LogP contribution in [0.4, 0.5) is 0 Å². The lowest BCUT2D eigenvalue weighted by atomic mass is 10.0. The van der Waals surface area contributed by atoms with Gasteiger partial charge in [0.15, 0.2) is 0 Å². The molecule has 0 radical (unpaired) electrons. The number of aliphatic carboxylic acids is 1. The molecule has 1 atom stereocenters. The fraction of sp³-hybridized carbons (Fsp3) is 0.833. The van der Waals surface area contributed by atoms with Gasteiger partial charge in [0.2, 0.25) is 5.91 Å². The van der Waals surface area contributed by atoms with Crippen LogP contribution in [-0.4, -0.2) is 35.0 Å². The number of carbonyl (C=O) groups is 2. The van der Waals surface area contributed by atoms with Crippen molar-refractivity contribution in [2.45, 2.75) is 40.0 Å². The first kappa shape index (κ1) is 13.0. The summed E-state index contributed by atoms with van der Waals surface area (Å²) in [5, 5.41) is 9.06. The maximum absolute atomic E-state index is 12.1. The van der Waals surface area contributed by atoms with E-state index in [-0.39, 0.29) is 5.91 Å². The van der Waals surface area contributed by atoms with Gasteiger partial charge in [-0.3, -0.25) is 9.59 Å². The van der Waals surface area contributed by atoms with Gasteiger partial charge in [-0.05, 0) is 25.7 Å². The van der Waals surface area contributed by atoms with E-state index in [0.717, 1.165) is 6.42 Å². The molecule has 1 unspecified atom stereocenters. The van der Waals surface area contributed by atoms with Crippen molar-refractivity contribution < 1.29 is 14.7 Å². The summed E-state index contributed by atoms with van der Waals surface area (Å²) in [6.45, 7) is 7.32. The second-order valence-corrected chi connectivity index (χ2v) is 4.74. The largest absolute Gasteiger partial charge is 0.480 e. The molecule has 0 bridgehead atoms. The van der Waals surface area contributed by atoms with Crippen LogP contribution in [0.1, 0.15) is 40.0 Å². The van der Waals surface area contributed by atoms with Crippen molar-refractivity contribution in [2.75, 3.05) is 13.1 Å². The Kier molecular flexibility index (Phi) is 3.94. The number of rotatable bonds is 6. The van der Waals surface area contributed by atoms with Gasteiger partial charge in [0.1, 0.15) is 5.41 Å². The van der Waals surface area contributed by atoms with Crippen molar-refractivity contribution in [3.8, 4) is 0 Å². The first-order valence-corrected chi connectivity index (χ1v) is 6.00. The van der Waals surface area contributed by atoms with Gasteiger partial charge in [0, 0.05) is 13.1 Å². The van der Waals surface area contributed by atoms with E-state index in [1.807, 2.05) is 6.92 Å². The summed E-state index contributed by atoms with van der Waals surface area (Å²) < 4.78 is 0. The Bertz CT molecular complexity index is 284. The molecule has 1 fully saturated rings. The van der Waals surface area contributed by atoms with Crippen LogP contribution in [0.15, 0.2) is 0 Å². The lowest BCUT2D eigenvalue weighted by Gasteiger charge is -2.26. The van der Waals surface area contributed by atoms with E-state index in [0.29, 0.717) is 31.8 Å². The lowest BCUT2D eigenvalue weighted by molar-refractivity contribution is -0.153. The van der Waals surface area contributed by atoms with E-state index in [9.17, 15) is 9.59 Å². The van der Waals surface area contributed by atoms with Gasteiger partial charge in [-0.1, -0.05) is 20.3 Å². The highest BCUT2D eigenvalue weighted by Crippen LogP contribution is 2.47. The molecular formula is C12H21NO3. The van der Waals surface area contributed by atoms with Crippen LogP contribution in [0.3, 0.4) is 0 Å². The Morgan fingerprint density at radius 1 is 1.38 bits per heavy atom. The highest BCUT2D eigenvalue weighted by Gasteiger charge is 2.58. The lowest BCUT2D eigenvalue weighted by Crippen LogP contribution is -2.42. The molecule has 0 spiro atoms. The highest BCUT2D eigenvalue weighted by molar-refractivity contribution is 6.04. The van der Waals surface area contributed by atoms with Gasteiger partial charge in [0.05, 0.1) is 0 Å². The molecule has 1 aliphatic carbocycles. The molecule has 92 valence electrons. The Morgan fingerprint density at radius 2 is 1.94 bits per heavy atom. The molecule has 0 aromatic rings. The highest BCUT2D eigenvalue weighted by atomic mass is 16.4. The molecule has 1 N–H and O–H groups in total. The molecule has 0 aromatic heterocycles. The summed E-state index contributed by atoms with van der Waals surface area (Å²) in [6.07, 6.45) is 2.00. The number of carboxylic acids is 1. The van der Waals surface area contributed by atoms with Gasteiger partial charge >= 0.3 is 5.97 Å². The topological polar surface area (TPSA) is 57.6 Å². The normalized spacial score (nSPS) is 18.9. The molecule has 1 rings (SSSR count). The quantitative estimate of drug-likeness (QED) is 0.703. The van der Waals surface area contributed by atoms with E-state index in [2.05, 4.69) is 13.8 Å². The van der Waals surface area contributed by atoms with E-state index >= 15 is 0 Å². The van der Waals surface area contributed by atoms with Crippen molar-refractivity contribution >= 4 is 11.9 Å². The van der Waals surface area contributed by atoms with Crippen molar-refractivity contribution in [2.24, 2.45) is 11.3 Å². The average Bonchev–Trinajstić information content (AvgIpc) is 3.05. The summed E-state index contributed by atoms with van der Waals surface area (Å²) in [5.41, 5.74) is -1.08. The number of hydrogen-bond donors (Lipinski definition) is 1. The third-order valence-corrected chi connectivity index (χ3v) is 3.47. The maximum atomic E-state index is 12.1. The summed E-state index contributed by atoms with van der Waals surface area (Å²) in [4.78, 5) is 24.8. The number of carboxylic acid groups (broad SMARTS) is 1. The van der Waals surface area contributed by atoms with Crippen LogP contribution in [0, 0.1) is 11.3 Å². The minimum absolute atomic E-state index is 0.192. The molecular weight excluding hydrogens is 206 g/mol. The fourth-order valence-electron chi connectivity index (χ4n) is 1.81. The van der Waals surface area contributed by atoms with Crippen LogP contribution in [-0.2, 0) is 9.59 Å². The first-order valence-electron chi connectivity index (χ1n) is 6.00. The van der Waals surface area contributed by atoms with Crippen LogP contribution in [0.25, 0.3) is 0 Å². The molecule has 1 amide bonds. The van der Waals surface area contributed by atoms with Crippen molar-refractivity contribution in [3.63, 3.8) is 0 Å². The van der Waals surface area contributed by atoms with Gasteiger partial charge in [-0.15, -0.1) is 0 Å².